The van der Waals surface area contributed by atoms with Crippen LogP contribution in [-0.2, 0) is 122 Å². The van der Waals surface area contributed by atoms with Crippen LogP contribution in [0.1, 0.15) is 167 Å². The molecule has 0 saturated heterocycles. The van der Waals surface area contributed by atoms with Gasteiger partial charge in [0.2, 0.25) is 88.6 Å². The summed E-state index contributed by atoms with van der Waals surface area (Å²) in [6, 6.07) is 26.4. The Morgan fingerprint density at radius 2 is 0.625 bits per heavy atom. The van der Waals surface area contributed by atoms with Gasteiger partial charge in [-0.3, -0.25) is 71.9 Å². The molecule has 144 heavy (non-hydrogen) atoms. The highest BCUT2D eigenvalue weighted by Crippen LogP contribution is 2.19. The third kappa shape index (κ3) is 47.1. The second-order valence-electron chi connectivity index (χ2n) is 38.0. The molecule has 0 spiro atoms. The Morgan fingerprint density at radius 3 is 0.917 bits per heavy atom. The van der Waals surface area contributed by atoms with Crippen molar-refractivity contribution >= 4 is 88.6 Å². The van der Waals surface area contributed by atoms with E-state index in [4.69, 9.17) is 10.3 Å². The first-order valence-corrected chi connectivity index (χ1v) is 50.2. The normalized spacial score (nSPS) is 13.7. The molecular weight excluding hydrogens is 1840 g/mol. The Labute approximate surface area is 844 Å². The van der Waals surface area contributed by atoms with Crippen LogP contribution in [-0.4, -0.2) is 255 Å². The van der Waals surface area contributed by atoms with Gasteiger partial charge in [0.25, 0.3) is 0 Å². The Kier molecular flexibility index (Phi) is 54.8. The number of aryl methyl sites for hydroxylation is 1. The van der Waals surface area contributed by atoms with Gasteiger partial charge in [-0.1, -0.05) is 231 Å². The lowest BCUT2D eigenvalue weighted by Gasteiger charge is -2.30. The quantitative estimate of drug-likeness (QED) is 0.0110. The van der Waals surface area contributed by atoms with Crippen LogP contribution in [0.15, 0.2) is 163 Å². The molecule has 0 radical (unpaired) electrons. The van der Waals surface area contributed by atoms with Gasteiger partial charge in [0.15, 0.2) is 0 Å². The predicted molar refractivity (Wildman–Crippen MR) is 544 cm³/mol. The van der Waals surface area contributed by atoms with Gasteiger partial charge in [0.1, 0.15) is 72.5 Å². The molecule has 786 valence electrons. The summed E-state index contributed by atoms with van der Waals surface area (Å²) in [7, 11) is 0. The van der Waals surface area contributed by atoms with E-state index < -0.39 is 174 Å². The standard InChI is InChI=1S/C103H153N25O16/c1-12-109-92(132)87(63-90(130)110-47-45-107-43-41-104)123-103(143)88(64-91(131)111-48-46-108-44-42-105)124-102(142)86(62-75-37-26-17-27-38-75)122-101(141)85(61-74-35-24-16-25-36-74)121-100(140)84(60-73-33-22-15-23-34-73)120-99(139)83(59-72-31-20-14-21-32-72)119-98(138)82(58-71-29-18-13-19-30-71)118-97(137)81(57-70(10)11)117-96(136)80(56-69(8)9)116-95(135)79(55-68(6)7)115-94(134)78(54-67(4)5)114-93(133)77(53-66(2)3)113-89(129)40-28-39-76-65-128(127-125-76)50-52-144-51-49-112-126-106/h13-27,29-38,65-70,77-88,107-108H,12,28,39-64,104-105H2,1-11H3,(H,109,132)(H,110,130)(H,111,131)(H,113,129)(H,114,133)(H,115,134)(H,116,135)(H,117,136)(H,118,137)(H,119,138)(H,120,139)(H,121,140)(H,122,141)(H,123,143)(H,124,142)/p+2/t77-,78-,79-,80-,81-,82+,83+,84+,85+,86+,87+,88-/m1/s1. The fraction of sp³-hybridized carbons (Fsp3) is 0.544. The number of nitrogens with one attached hydrogen (secondary N) is 17. The van der Waals surface area contributed by atoms with Crippen molar-refractivity contribution in [3.05, 3.63) is 202 Å². The number of likely N-dealkylation sites (N-methyl/N-ethyl adjacent to an activating group) is 1. The zero-order valence-corrected chi connectivity index (χ0v) is 85.3. The largest absolute Gasteiger partial charge is 0.379 e. The van der Waals surface area contributed by atoms with Gasteiger partial charge >= 0.3 is 0 Å². The maximum Gasteiger partial charge on any atom is 0.243 e. The minimum Gasteiger partial charge on any atom is -0.379 e. The lowest BCUT2D eigenvalue weighted by Crippen LogP contribution is -2.62. The number of benzene rings is 5. The summed E-state index contributed by atoms with van der Waals surface area (Å²) in [4.78, 5) is 224. The number of amides is 15. The number of ether oxygens (including phenoxy) is 1. The Hall–Kier alpha value is -13.6. The number of carbonyl (C=O) groups is 15. The van der Waals surface area contributed by atoms with Gasteiger partial charge in [0.05, 0.1) is 51.4 Å². The smallest absolute Gasteiger partial charge is 0.243 e. The summed E-state index contributed by atoms with van der Waals surface area (Å²) in [6.07, 6.45) is 1.03. The number of hydrogen-bond acceptors (Lipinski definition) is 21. The molecule has 12 atom stereocenters. The van der Waals surface area contributed by atoms with Crippen LogP contribution in [0.4, 0.5) is 0 Å². The Bertz CT molecular complexity index is 5020. The Morgan fingerprint density at radius 1 is 0.347 bits per heavy atom. The van der Waals surface area contributed by atoms with Gasteiger partial charge < -0.3 is 107 Å². The highest BCUT2D eigenvalue weighted by Gasteiger charge is 2.40. The van der Waals surface area contributed by atoms with Crippen molar-refractivity contribution in [1.29, 1.82) is 0 Å². The fourth-order valence-electron chi connectivity index (χ4n) is 15.8. The molecule has 0 aliphatic rings. The van der Waals surface area contributed by atoms with Gasteiger partial charge in [-0.05, 0) is 115 Å². The summed E-state index contributed by atoms with van der Waals surface area (Å²) in [6.45, 7) is 24.9. The molecule has 1 aromatic heterocycles. The van der Waals surface area contributed by atoms with E-state index in [0.29, 0.717) is 98.8 Å². The lowest BCUT2D eigenvalue weighted by atomic mass is 9.97. The van der Waals surface area contributed by atoms with Crippen LogP contribution < -0.4 is 102 Å². The molecule has 0 fully saturated rings. The van der Waals surface area contributed by atoms with Gasteiger partial charge in [-0.2, -0.15) is 0 Å². The average Bonchev–Trinajstić information content (AvgIpc) is 0.902. The van der Waals surface area contributed by atoms with Crippen molar-refractivity contribution in [3.63, 3.8) is 0 Å². The number of quaternary nitrogens is 2. The summed E-state index contributed by atoms with van der Waals surface area (Å²) in [5, 5.41) is 60.2. The van der Waals surface area contributed by atoms with Crippen LogP contribution in [0.25, 0.3) is 10.4 Å². The van der Waals surface area contributed by atoms with E-state index in [1.807, 2.05) is 69.2 Å². The first-order chi connectivity index (χ1) is 69.0. The molecule has 15 amide bonds. The Balaban J connectivity index is 1.27. The molecular formula is C103H155N25O16+2. The number of carbonyl (C=O) groups excluding carboxylic acids is 15. The lowest BCUT2D eigenvalue weighted by molar-refractivity contribution is -0.365. The first kappa shape index (κ1) is 119. The number of nitrogens with zero attached hydrogens (tertiary/aromatic N) is 6. The van der Waals surface area contributed by atoms with Gasteiger partial charge in [-0.15, -0.1) is 5.10 Å². The zero-order chi connectivity index (χ0) is 105. The van der Waals surface area contributed by atoms with E-state index in [2.05, 4.69) is 122 Å². The second kappa shape index (κ2) is 66.3. The van der Waals surface area contributed by atoms with Crippen molar-refractivity contribution in [3.8, 4) is 0 Å². The zero-order valence-electron chi connectivity index (χ0n) is 85.3. The van der Waals surface area contributed by atoms with Crippen LogP contribution in [0.3, 0.4) is 0 Å². The third-order valence-electron chi connectivity index (χ3n) is 22.9. The predicted octanol–water partition coefficient (Wildman–Crippen LogP) is 1.00. The SMILES string of the molecule is CCNC(=O)[C@H](CC(=O)NCCNCC[NH3+])NC(=O)[C@@H](CC(=O)NCCNCC[NH3+])NC(=O)[C@H](Cc1ccccc1)NC(=O)[C@H](Cc1ccccc1)NC(=O)[C@H](Cc1ccccc1)NC(=O)[C@H](Cc1ccccc1)NC(=O)[C@H](Cc1ccccc1)NC(=O)[C@@H](CC(C)C)NC(=O)[C@@H](CC(C)C)NC(=O)[C@@H](CC(C)C)NC(=O)[C@@H](CC(C)C)NC(=O)[C@@H](CC(C)C)NC(=O)CCCc1cn(CCOCCN=[N+]=[N-])nn1. The van der Waals surface area contributed by atoms with Crippen molar-refractivity contribution in [1.82, 2.24) is 105 Å². The summed E-state index contributed by atoms with van der Waals surface area (Å²) in [5.74, 6) is -12.3. The van der Waals surface area contributed by atoms with Crippen molar-refractivity contribution < 1.29 is 88.1 Å². The maximum absolute atomic E-state index is 15.7. The average molecular weight is 2000 g/mol. The molecule has 41 nitrogen and oxygen atoms in total. The molecule has 0 bridgehead atoms. The summed E-state index contributed by atoms with van der Waals surface area (Å²) < 4.78 is 7.07. The van der Waals surface area contributed by atoms with Crippen molar-refractivity contribution in [2.24, 2.45) is 34.7 Å². The molecule has 0 aliphatic heterocycles. The summed E-state index contributed by atoms with van der Waals surface area (Å²) >= 11 is 0. The molecule has 1 heterocycles. The van der Waals surface area contributed by atoms with Crippen LogP contribution in [0.5, 0.6) is 0 Å². The topological polar surface area (TPSA) is 605 Å². The van der Waals surface area contributed by atoms with Crippen LogP contribution in [0.2, 0.25) is 0 Å². The molecule has 6 aromatic rings. The third-order valence-corrected chi connectivity index (χ3v) is 22.9. The van der Waals surface area contributed by atoms with Gasteiger partial charge in [-0.25, -0.2) is 4.68 Å². The van der Waals surface area contributed by atoms with Gasteiger partial charge in [0, 0.05) is 102 Å². The minimum atomic E-state index is -1.73. The first-order valence-electron chi connectivity index (χ1n) is 50.2. The molecule has 5 aromatic carbocycles. The number of rotatable bonds is 69. The number of hydrogen-bond donors (Lipinski definition) is 19. The van der Waals surface area contributed by atoms with E-state index in [1.165, 1.54) is 0 Å². The highest BCUT2D eigenvalue weighted by atomic mass is 16.5. The van der Waals surface area contributed by atoms with E-state index in [9.17, 15) is 38.4 Å². The van der Waals surface area contributed by atoms with E-state index in [0.717, 1.165) is 0 Å². The van der Waals surface area contributed by atoms with Crippen molar-refractivity contribution in [2.75, 3.05) is 78.7 Å². The van der Waals surface area contributed by atoms with E-state index in [1.54, 1.807) is 169 Å². The second-order valence-corrected chi connectivity index (χ2v) is 38.0. The molecule has 0 unspecified atom stereocenters. The van der Waals surface area contributed by atoms with Crippen molar-refractivity contribution in [2.45, 2.75) is 252 Å². The monoisotopic (exact) mass is 2000 g/mol. The fourth-order valence-corrected chi connectivity index (χ4v) is 15.8. The molecule has 0 aliphatic carbocycles. The molecule has 41 heteroatoms. The molecule has 6 rings (SSSR count). The number of azide groups is 1. The number of aromatic nitrogens is 3. The molecule has 23 N–H and O–H groups in total. The highest BCUT2D eigenvalue weighted by molar-refractivity contribution is 6.01. The van der Waals surface area contributed by atoms with Crippen LogP contribution in [0, 0.1) is 29.6 Å². The minimum absolute atomic E-state index is 0.0210. The maximum atomic E-state index is 15.7. The van der Waals surface area contributed by atoms with Crippen LogP contribution >= 0.6 is 0 Å². The summed E-state index contributed by atoms with van der Waals surface area (Å²) in [5.41, 5.74) is 19.5. The molecule has 0 saturated carbocycles. The van der Waals surface area contributed by atoms with E-state index in [-0.39, 0.29) is 133 Å². The van der Waals surface area contributed by atoms with E-state index >= 15 is 33.6 Å².